The lowest BCUT2D eigenvalue weighted by Gasteiger charge is -2.18. The van der Waals surface area contributed by atoms with Gasteiger partial charge in [0, 0.05) is 13.6 Å². The molecule has 100 valence electrons. The third kappa shape index (κ3) is 3.44. The van der Waals surface area contributed by atoms with E-state index < -0.39 is 0 Å². The summed E-state index contributed by atoms with van der Waals surface area (Å²) in [5.41, 5.74) is 2.48. The molecule has 0 fully saturated rings. The number of rotatable bonds is 4. The molecule has 0 aliphatic carbocycles. The molecule has 0 aliphatic rings. The van der Waals surface area contributed by atoms with Crippen LogP contribution < -0.4 is 9.64 Å². The second kappa shape index (κ2) is 6.02. The highest BCUT2D eigenvalue weighted by Gasteiger charge is 2.09. The van der Waals surface area contributed by atoms with Gasteiger partial charge < -0.3 is 9.64 Å². The zero-order valence-electron chi connectivity index (χ0n) is 11.2. The zero-order chi connectivity index (χ0) is 13.8. The van der Waals surface area contributed by atoms with Crippen molar-refractivity contribution in [3.05, 3.63) is 46.1 Å². The first-order valence-electron chi connectivity index (χ1n) is 5.93. The molecule has 0 aliphatic heterocycles. The fourth-order valence-corrected chi connectivity index (χ4v) is 2.18. The summed E-state index contributed by atoms with van der Waals surface area (Å²) < 4.78 is 5.93. The molecule has 0 unspecified atom stereocenters. The molecule has 1 aromatic heterocycles. The second-order valence-electron chi connectivity index (χ2n) is 4.37. The van der Waals surface area contributed by atoms with Crippen molar-refractivity contribution in [2.24, 2.45) is 0 Å². The highest BCUT2D eigenvalue weighted by molar-refractivity contribution is 9.10. The van der Waals surface area contributed by atoms with Crippen LogP contribution in [-0.4, -0.2) is 24.1 Å². The Morgan fingerprint density at radius 2 is 2.16 bits per heavy atom. The van der Waals surface area contributed by atoms with Crippen molar-refractivity contribution in [3.8, 4) is 5.88 Å². The Hall–Kier alpha value is -1.62. The highest BCUT2D eigenvalue weighted by atomic mass is 79.9. The molecular formula is C14H16BrN3O. The minimum Gasteiger partial charge on any atom is -0.480 e. The molecule has 0 saturated heterocycles. The van der Waals surface area contributed by atoms with E-state index in [0.717, 1.165) is 11.0 Å². The Kier molecular flexibility index (Phi) is 4.37. The van der Waals surface area contributed by atoms with Crippen LogP contribution in [0.4, 0.5) is 5.95 Å². The van der Waals surface area contributed by atoms with Crippen LogP contribution in [0, 0.1) is 6.92 Å². The van der Waals surface area contributed by atoms with Gasteiger partial charge in [-0.05, 0) is 28.4 Å². The SMILES string of the molecule is COc1nc(N(C)Cc2cccc(C)c2)ncc1Br. The summed E-state index contributed by atoms with van der Waals surface area (Å²) in [4.78, 5) is 10.6. The molecule has 1 heterocycles. The Labute approximate surface area is 121 Å². The molecule has 0 radical (unpaired) electrons. The van der Waals surface area contributed by atoms with Crippen molar-refractivity contribution in [1.29, 1.82) is 0 Å². The summed E-state index contributed by atoms with van der Waals surface area (Å²) >= 11 is 3.35. The van der Waals surface area contributed by atoms with E-state index in [0.29, 0.717) is 11.8 Å². The number of benzene rings is 1. The molecular weight excluding hydrogens is 306 g/mol. The average Bonchev–Trinajstić information content (AvgIpc) is 2.39. The van der Waals surface area contributed by atoms with Gasteiger partial charge in [0.2, 0.25) is 11.8 Å². The second-order valence-corrected chi connectivity index (χ2v) is 5.23. The summed E-state index contributed by atoms with van der Waals surface area (Å²) in [5.74, 6) is 1.18. The zero-order valence-corrected chi connectivity index (χ0v) is 12.8. The monoisotopic (exact) mass is 321 g/mol. The van der Waals surface area contributed by atoms with Crippen molar-refractivity contribution >= 4 is 21.9 Å². The largest absolute Gasteiger partial charge is 0.480 e. The van der Waals surface area contributed by atoms with Crippen LogP contribution in [0.15, 0.2) is 34.9 Å². The van der Waals surface area contributed by atoms with E-state index in [4.69, 9.17) is 4.74 Å². The molecule has 0 amide bonds. The quantitative estimate of drug-likeness (QED) is 0.866. The van der Waals surface area contributed by atoms with Gasteiger partial charge in [-0.2, -0.15) is 4.98 Å². The molecule has 2 rings (SSSR count). The van der Waals surface area contributed by atoms with Gasteiger partial charge in [-0.15, -0.1) is 0 Å². The Morgan fingerprint density at radius 1 is 1.37 bits per heavy atom. The topological polar surface area (TPSA) is 38.2 Å². The molecule has 0 saturated carbocycles. The lowest BCUT2D eigenvalue weighted by molar-refractivity contribution is 0.394. The lowest BCUT2D eigenvalue weighted by Crippen LogP contribution is -2.19. The third-order valence-corrected chi connectivity index (χ3v) is 3.28. The summed E-state index contributed by atoms with van der Waals surface area (Å²) in [5, 5.41) is 0. The van der Waals surface area contributed by atoms with E-state index in [1.165, 1.54) is 11.1 Å². The van der Waals surface area contributed by atoms with Crippen LogP contribution >= 0.6 is 15.9 Å². The molecule has 0 atom stereocenters. The Bertz CT molecular complexity index is 574. The van der Waals surface area contributed by atoms with Crippen LogP contribution in [-0.2, 0) is 6.54 Å². The Balaban J connectivity index is 2.18. The normalized spacial score (nSPS) is 10.3. The van der Waals surface area contributed by atoms with Gasteiger partial charge in [0.1, 0.15) is 0 Å². The average molecular weight is 322 g/mol. The van der Waals surface area contributed by atoms with Crippen LogP contribution in [0.25, 0.3) is 0 Å². The van der Waals surface area contributed by atoms with Crippen LogP contribution in [0.5, 0.6) is 5.88 Å². The van der Waals surface area contributed by atoms with Crippen molar-refractivity contribution < 1.29 is 4.74 Å². The molecule has 0 N–H and O–H groups in total. The fourth-order valence-electron chi connectivity index (χ4n) is 1.82. The van der Waals surface area contributed by atoms with Gasteiger partial charge in [-0.3, -0.25) is 0 Å². The van der Waals surface area contributed by atoms with Gasteiger partial charge >= 0.3 is 0 Å². The first-order chi connectivity index (χ1) is 9.10. The van der Waals surface area contributed by atoms with Crippen LogP contribution in [0.2, 0.25) is 0 Å². The first kappa shape index (κ1) is 13.8. The summed E-state index contributed by atoms with van der Waals surface area (Å²) in [6, 6.07) is 8.40. The van der Waals surface area contributed by atoms with Crippen LogP contribution in [0.1, 0.15) is 11.1 Å². The van der Waals surface area contributed by atoms with Crippen molar-refractivity contribution in [1.82, 2.24) is 9.97 Å². The number of ether oxygens (including phenoxy) is 1. The van der Waals surface area contributed by atoms with Crippen molar-refractivity contribution in [3.63, 3.8) is 0 Å². The predicted octanol–water partition coefficient (Wildman–Crippen LogP) is 3.19. The number of aryl methyl sites for hydroxylation is 1. The first-order valence-corrected chi connectivity index (χ1v) is 6.72. The maximum atomic E-state index is 5.18. The van der Waals surface area contributed by atoms with E-state index in [-0.39, 0.29) is 0 Å². The third-order valence-electron chi connectivity index (χ3n) is 2.74. The molecule has 19 heavy (non-hydrogen) atoms. The van der Waals surface area contributed by atoms with E-state index >= 15 is 0 Å². The number of anilines is 1. The highest BCUT2D eigenvalue weighted by Crippen LogP contribution is 2.23. The van der Waals surface area contributed by atoms with E-state index in [1.807, 2.05) is 11.9 Å². The molecule has 4 nitrogen and oxygen atoms in total. The summed E-state index contributed by atoms with van der Waals surface area (Å²) in [7, 11) is 3.56. The molecule has 0 bridgehead atoms. The lowest BCUT2D eigenvalue weighted by atomic mass is 10.1. The van der Waals surface area contributed by atoms with Gasteiger partial charge in [-0.25, -0.2) is 4.98 Å². The molecule has 0 spiro atoms. The van der Waals surface area contributed by atoms with Gasteiger partial charge in [0.05, 0.1) is 17.8 Å². The predicted molar refractivity (Wildman–Crippen MR) is 79.6 cm³/mol. The molecule has 5 heteroatoms. The van der Waals surface area contributed by atoms with Gasteiger partial charge in [0.25, 0.3) is 0 Å². The fraction of sp³-hybridized carbons (Fsp3) is 0.286. The number of hydrogen-bond donors (Lipinski definition) is 0. The number of nitrogens with zero attached hydrogens (tertiary/aromatic N) is 3. The number of hydrogen-bond acceptors (Lipinski definition) is 4. The molecule has 1 aromatic carbocycles. The van der Waals surface area contributed by atoms with Crippen LogP contribution in [0.3, 0.4) is 0 Å². The number of halogens is 1. The van der Waals surface area contributed by atoms with E-state index in [2.05, 4.69) is 57.1 Å². The Morgan fingerprint density at radius 3 is 2.84 bits per heavy atom. The molecule has 2 aromatic rings. The maximum Gasteiger partial charge on any atom is 0.232 e. The van der Waals surface area contributed by atoms with Crippen molar-refractivity contribution in [2.75, 3.05) is 19.1 Å². The van der Waals surface area contributed by atoms with Gasteiger partial charge in [-0.1, -0.05) is 29.8 Å². The standard InChI is InChI=1S/C14H16BrN3O/c1-10-5-4-6-11(7-10)9-18(2)14-16-8-12(15)13(17-14)19-3/h4-8H,9H2,1-3H3. The van der Waals surface area contributed by atoms with Crippen molar-refractivity contribution in [2.45, 2.75) is 13.5 Å². The number of methoxy groups -OCH3 is 1. The van der Waals surface area contributed by atoms with E-state index in [9.17, 15) is 0 Å². The minimum atomic E-state index is 0.543. The smallest absolute Gasteiger partial charge is 0.232 e. The van der Waals surface area contributed by atoms with E-state index in [1.54, 1.807) is 13.3 Å². The summed E-state index contributed by atoms with van der Waals surface area (Å²) in [6.07, 6.45) is 1.70. The number of aromatic nitrogens is 2. The van der Waals surface area contributed by atoms with Gasteiger partial charge in [0.15, 0.2) is 0 Å². The summed E-state index contributed by atoms with van der Waals surface area (Å²) in [6.45, 7) is 2.84. The minimum absolute atomic E-state index is 0.543. The maximum absolute atomic E-state index is 5.18.